The molecule has 0 unspecified atom stereocenters. The Labute approximate surface area is 139 Å². The van der Waals surface area contributed by atoms with Gasteiger partial charge in [0.05, 0.1) is 18.9 Å². The van der Waals surface area contributed by atoms with Crippen molar-refractivity contribution in [3.63, 3.8) is 0 Å². The number of carbonyl (C=O) groups excluding carboxylic acids is 1. The number of ether oxygens (including phenoxy) is 2. The summed E-state index contributed by atoms with van der Waals surface area (Å²) in [5, 5.41) is 5.35. The fourth-order valence-corrected chi connectivity index (χ4v) is 1.75. The van der Waals surface area contributed by atoms with Gasteiger partial charge in [-0.2, -0.15) is 5.10 Å². The molecule has 0 radical (unpaired) electrons. The fraction of sp³-hybridized carbons (Fsp3) is 0.444. The summed E-state index contributed by atoms with van der Waals surface area (Å²) in [6.07, 6.45) is 2.57. The molecule has 0 amide bonds. The van der Waals surface area contributed by atoms with Crippen molar-refractivity contribution in [2.45, 2.75) is 41.0 Å². The maximum absolute atomic E-state index is 12.0. The van der Waals surface area contributed by atoms with Gasteiger partial charge in [-0.05, 0) is 32.4 Å². The van der Waals surface area contributed by atoms with E-state index in [1.165, 1.54) is 5.01 Å². The van der Waals surface area contributed by atoms with E-state index in [-0.39, 0.29) is 0 Å². The van der Waals surface area contributed by atoms with Gasteiger partial charge in [0.15, 0.2) is 0 Å². The monoisotopic (exact) mass is 320 g/mol. The molecule has 0 heterocycles. The zero-order valence-corrected chi connectivity index (χ0v) is 14.8. The lowest BCUT2D eigenvalue weighted by atomic mass is 10.2. The standard InChI is InChI=1S/C16H22N2O3.C2H6/c1-5-11-21-14-10-8-9-13(12-14)18(17-4)15(6-2)16(19)20-7-3;1-2/h6,8-10,12H,4-5,7,11H2,1-3H3;1-2H3/b15-6-;. The highest BCUT2D eigenvalue weighted by molar-refractivity contribution is 5.92. The lowest BCUT2D eigenvalue weighted by molar-refractivity contribution is -0.138. The van der Waals surface area contributed by atoms with Crippen LogP contribution >= 0.6 is 0 Å². The van der Waals surface area contributed by atoms with Crippen LogP contribution in [0.1, 0.15) is 41.0 Å². The van der Waals surface area contributed by atoms with Crippen LogP contribution in [0.5, 0.6) is 5.75 Å². The summed E-state index contributed by atoms with van der Waals surface area (Å²) >= 11 is 0. The van der Waals surface area contributed by atoms with Crippen LogP contribution in [0.4, 0.5) is 5.69 Å². The van der Waals surface area contributed by atoms with Gasteiger partial charge in [0.2, 0.25) is 0 Å². The van der Waals surface area contributed by atoms with E-state index in [2.05, 4.69) is 11.8 Å². The smallest absolute Gasteiger partial charge is 0.356 e. The average Bonchev–Trinajstić information content (AvgIpc) is 2.59. The van der Waals surface area contributed by atoms with Crippen molar-refractivity contribution >= 4 is 18.4 Å². The number of carbonyl (C=O) groups is 1. The number of anilines is 1. The summed E-state index contributed by atoms with van der Waals surface area (Å²) in [6, 6.07) is 7.35. The zero-order chi connectivity index (χ0) is 17.7. The zero-order valence-electron chi connectivity index (χ0n) is 14.8. The summed E-state index contributed by atoms with van der Waals surface area (Å²) < 4.78 is 10.6. The van der Waals surface area contributed by atoms with E-state index >= 15 is 0 Å². The Bertz CT molecular complexity index is 513. The second-order valence-corrected chi connectivity index (χ2v) is 4.19. The summed E-state index contributed by atoms with van der Waals surface area (Å²) in [5.41, 5.74) is 1.01. The molecule has 128 valence electrons. The molecule has 23 heavy (non-hydrogen) atoms. The first-order valence-electron chi connectivity index (χ1n) is 8.00. The molecule has 0 bridgehead atoms. The normalized spacial score (nSPS) is 10.2. The molecule has 0 spiro atoms. The van der Waals surface area contributed by atoms with E-state index in [9.17, 15) is 4.79 Å². The van der Waals surface area contributed by atoms with E-state index < -0.39 is 5.97 Å². The van der Waals surface area contributed by atoms with Crippen LogP contribution in [0.25, 0.3) is 0 Å². The minimum Gasteiger partial charge on any atom is -0.494 e. The van der Waals surface area contributed by atoms with Gasteiger partial charge in [0, 0.05) is 12.8 Å². The minimum atomic E-state index is -0.438. The van der Waals surface area contributed by atoms with Gasteiger partial charge in [-0.15, -0.1) is 0 Å². The van der Waals surface area contributed by atoms with Crippen LogP contribution in [0.15, 0.2) is 41.1 Å². The molecule has 5 nitrogen and oxygen atoms in total. The lowest BCUT2D eigenvalue weighted by Crippen LogP contribution is -2.23. The average molecular weight is 320 g/mol. The molecule has 0 saturated carbocycles. The lowest BCUT2D eigenvalue weighted by Gasteiger charge is -2.20. The molecule has 1 rings (SSSR count). The van der Waals surface area contributed by atoms with Crippen LogP contribution in [-0.4, -0.2) is 25.9 Å². The van der Waals surface area contributed by atoms with E-state index in [0.29, 0.717) is 24.6 Å². The predicted molar refractivity (Wildman–Crippen MR) is 96.0 cm³/mol. The molecule has 0 fully saturated rings. The van der Waals surface area contributed by atoms with Crippen molar-refractivity contribution in [1.82, 2.24) is 0 Å². The highest BCUT2D eigenvalue weighted by atomic mass is 16.5. The van der Waals surface area contributed by atoms with Crippen molar-refractivity contribution < 1.29 is 14.3 Å². The highest BCUT2D eigenvalue weighted by Crippen LogP contribution is 2.25. The van der Waals surface area contributed by atoms with E-state index in [1.54, 1.807) is 19.9 Å². The largest absolute Gasteiger partial charge is 0.494 e. The first-order valence-corrected chi connectivity index (χ1v) is 8.00. The number of nitrogens with zero attached hydrogens (tertiary/aromatic N) is 2. The number of rotatable bonds is 8. The number of hydrogen-bond donors (Lipinski definition) is 0. The third-order valence-electron chi connectivity index (χ3n) is 2.66. The van der Waals surface area contributed by atoms with Gasteiger partial charge < -0.3 is 9.47 Å². The van der Waals surface area contributed by atoms with Crippen LogP contribution in [0.2, 0.25) is 0 Å². The van der Waals surface area contributed by atoms with Crippen LogP contribution < -0.4 is 9.75 Å². The number of benzene rings is 1. The Morgan fingerprint density at radius 3 is 2.57 bits per heavy atom. The van der Waals surface area contributed by atoms with Crippen molar-refractivity contribution in [3.8, 4) is 5.75 Å². The van der Waals surface area contributed by atoms with Gasteiger partial charge in [0.1, 0.15) is 11.4 Å². The first kappa shape index (κ1) is 20.7. The van der Waals surface area contributed by atoms with Gasteiger partial charge in [-0.3, -0.25) is 0 Å². The van der Waals surface area contributed by atoms with Crippen LogP contribution in [0, 0.1) is 0 Å². The van der Waals surface area contributed by atoms with Crippen LogP contribution in [-0.2, 0) is 9.53 Å². The quantitative estimate of drug-likeness (QED) is 0.308. The van der Waals surface area contributed by atoms with E-state index in [1.807, 2.05) is 45.0 Å². The summed E-state index contributed by atoms with van der Waals surface area (Å²) in [5.74, 6) is 0.287. The highest BCUT2D eigenvalue weighted by Gasteiger charge is 2.19. The molecule has 0 aliphatic carbocycles. The molecule has 0 aliphatic heterocycles. The van der Waals surface area contributed by atoms with Gasteiger partial charge >= 0.3 is 5.97 Å². The Kier molecular flexibility index (Phi) is 11.0. The molecule has 0 aliphatic rings. The number of esters is 1. The summed E-state index contributed by atoms with van der Waals surface area (Å²) in [4.78, 5) is 12.0. The number of allylic oxidation sites excluding steroid dienone is 1. The number of hydrazone groups is 1. The summed E-state index contributed by atoms with van der Waals surface area (Å²) in [7, 11) is 0. The topological polar surface area (TPSA) is 51.1 Å². The third-order valence-corrected chi connectivity index (χ3v) is 2.66. The van der Waals surface area contributed by atoms with Gasteiger partial charge in [-0.25, -0.2) is 9.80 Å². The Balaban J connectivity index is 0.00000232. The molecular formula is C18H28N2O3. The third kappa shape index (κ3) is 6.55. The van der Waals surface area contributed by atoms with Gasteiger partial charge in [-0.1, -0.05) is 32.9 Å². The first-order chi connectivity index (χ1) is 11.2. The SMILES string of the molecule is C=NN(/C(=C\C)C(=O)OCC)c1cccc(OCCC)c1.CC. The Morgan fingerprint density at radius 1 is 1.35 bits per heavy atom. The molecule has 0 aromatic heterocycles. The number of hydrogen-bond acceptors (Lipinski definition) is 5. The molecule has 0 saturated heterocycles. The van der Waals surface area contributed by atoms with Crippen molar-refractivity contribution in [3.05, 3.63) is 36.0 Å². The molecule has 5 heteroatoms. The second-order valence-electron chi connectivity index (χ2n) is 4.19. The van der Waals surface area contributed by atoms with Crippen molar-refractivity contribution in [2.24, 2.45) is 5.10 Å². The minimum absolute atomic E-state index is 0.306. The maximum atomic E-state index is 12.0. The Hall–Kier alpha value is -2.30. The molecule has 0 N–H and O–H groups in total. The van der Waals surface area contributed by atoms with E-state index in [0.717, 1.165) is 12.2 Å². The second kappa shape index (κ2) is 12.3. The van der Waals surface area contributed by atoms with E-state index in [4.69, 9.17) is 9.47 Å². The maximum Gasteiger partial charge on any atom is 0.356 e. The fourth-order valence-electron chi connectivity index (χ4n) is 1.75. The molecular weight excluding hydrogens is 292 g/mol. The predicted octanol–water partition coefficient (Wildman–Crippen LogP) is 4.39. The summed E-state index contributed by atoms with van der Waals surface area (Å²) in [6.45, 7) is 14.0. The van der Waals surface area contributed by atoms with Crippen molar-refractivity contribution in [1.29, 1.82) is 0 Å². The van der Waals surface area contributed by atoms with Gasteiger partial charge in [0.25, 0.3) is 0 Å². The Morgan fingerprint density at radius 2 is 2.04 bits per heavy atom. The molecule has 0 atom stereocenters. The molecule has 1 aromatic carbocycles. The van der Waals surface area contributed by atoms with Crippen LogP contribution in [0.3, 0.4) is 0 Å². The van der Waals surface area contributed by atoms with Crippen molar-refractivity contribution in [2.75, 3.05) is 18.2 Å². The molecule has 1 aromatic rings.